The maximum Gasteiger partial charge on any atom is 0.257 e. The molecule has 5 nitrogen and oxygen atoms in total. The number of aliphatic hydroxyl groups is 1. The highest BCUT2D eigenvalue weighted by molar-refractivity contribution is 5.98. The van der Waals surface area contributed by atoms with Crippen molar-refractivity contribution in [1.29, 1.82) is 0 Å². The van der Waals surface area contributed by atoms with Crippen LogP contribution in [0.25, 0.3) is 0 Å². The zero-order chi connectivity index (χ0) is 14.5. The molecule has 2 heterocycles. The summed E-state index contributed by atoms with van der Waals surface area (Å²) < 4.78 is 0. The molecule has 0 aliphatic carbocycles. The molecule has 1 atom stereocenters. The smallest absolute Gasteiger partial charge is 0.257 e. The summed E-state index contributed by atoms with van der Waals surface area (Å²) in [7, 11) is 0. The van der Waals surface area contributed by atoms with Crippen LogP contribution in [0.4, 0.5) is 5.82 Å². The second kappa shape index (κ2) is 6.70. The van der Waals surface area contributed by atoms with Gasteiger partial charge in [-0.05, 0) is 44.7 Å². The predicted octanol–water partition coefficient (Wildman–Crippen LogP) is 1.75. The summed E-state index contributed by atoms with van der Waals surface area (Å²) in [6.07, 6.45) is 3.12. The van der Waals surface area contributed by atoms with Gasteiger partial charge in [0.15, 0.2) is 0 Å². The van der Waals surface area contributed by atoms with Gasteiger partial charge in [0.1, 0.15) is 5.82 Å². The standard InChI is InChI=1S/C15H23N3O2/c1-3-16-14-13(5-4-8-17-14)15(20)18-9-6-12(7-10-18)11(2)19/h4-5,8,11-12,19H,3,6-7,9-10H2,1-2H3,(H,16,17). The summed E-state index contributed by atoms with van der Waals surface area (Å²) in [4.78, 5) is 18.6. The molecule has 0 bridgehead atoms. The Kier molecular flexibility index (Phi) is 4.95. The van der Waals surface area contributed by atoms with Crippen LogP contribution in [0, 0.1) is 5.92 Å². The Bertz CT molecular complexity index is 454. The third-order valence-corrected chi connectivity index (χ3v) is 3.89. The number of rotatable bonds is 4. The Hall–Kier alpha value is -1.62. The van der Waals surface area contributed by atoms with E-state index in [1.807, 2.05) is 24.8 Å². The van der Waals surface area contributed by atoms with Crippen LogP contribution in [0.3, 0.4) is 0 Å². The van der Waals surface area contributed by atoms with Crippen LogP contribution in [-0.4, -0.2) is 46.6 Å². The van der Waals surface area contributed by atoms with Crippen molar-refractivity contribution in [3.8, 4) is 0 Å². The van der Waals surface area contributed by atoms with Crippen molar-refractivity contribution < 1.29 is 9.90 Å². The van der Waals surface area contributed by atoms with E-state index in [1.54, 1.807) is 12.3 Å². The molecular formula is C15H23N3O2. The zero-order valence-electron chi connectivity index (χ0n) is 12.2. The van der Waals surface area contributed by atoms with Crippen LogP contribution in [0.2, 0.25) is 0 Å². The topological polar surface area (TPSA) is 65.5 Å². The van der Waals surface area contributed by atoms with Crippen LogP contribution in [0.1, 0.15) is 37.0 Å². The Balaban J connectivity index is 2.05. The Labute approximate surface area is 120 Å². The lowest BCUT2D eigenvalue weighted by atomic mass is 9.92. The van der Waals surface area contributed by atoms with Gasteiger partial charge in [-0.3, -0.25) is 4.79 Å². The molecule has 1 fully saturated rings. The molecular weight excluding hydrogens is 254 g/mol. The Morgan fingerprint density at radius 3 is 2.85 bits per heavy atom. The SMILES string of the molecule is CCNc1ncccc1C(=O)N1CCC(C(C)O)CC1. The molecule has 2 rings (SSSR count). The number of piperidine rings is 1. The first-order valence-electron chi connectivity index (χ1n) is 7.29. The van der Waals surface area contributed by atoms with E-state index in [4.69, 9.17) is 0 Å². The number of nitrogens with one attached hydrogen (secondary N) is 1. The van der Waals surface area contributed by atoms with Gasteiger partial charge in [0, 0.05) is 25.8 Å². The highest BCUT2D eigenvalue weighted by Crippen LogP contribution is 2.23. The van der Waals surface area contributed by atoms with Gasteiger partial charge in [0.05, 0.1) is 11.7 Å². The Morgan fingerprint density at radius 1 is 1.55 bits per heavy atom. The molecule has 5 heteroatoms. The summed E-state index contributed by atoms with van der Waals surface area (Å²) in [5.41, 5.74) is 0.629. The minimum absolute atomic E-state index is 0.0260. The quantitative estimate of drug-likeness (QED) is 0.880. The van der Waals surface area contributed by atoms with Crippen LogP contribution in [0.5, 0.6) is 0 Å². The molecule has 110 valence electrons. The number of carbonyl (C=O) groups excluding carboxylic acids is 1. The fraction of sp³-hybridized carbons (Fsp3) is 0.600. The number of nitrogens with zero attached hydrogens (tertiary/aromatic N) is 2. The average Bonchev–Trinajstić information content (AvgIpc) is 2.47. The maximum absolute atomic E-state index is 12.6. The molecule has 1 aliphatic rings. The van der Waals surface area contributed by atoms with E-state index in [0.29, 0.717) is 30.4 Å². The normalized spacial score (nSPS) is 17.9. The first-order chi connectivity index (χ1) is 9.63. The van der Waals surface area contributed by atoms with Crippen LogP contribution in [-0.2, 0) is 0 Å². The van der Waals surface area contributed by atoms with E-state index < -0.39 is 0 Å². The van der Waals surface area contributed by atoms with E-state index in [9.17, 15) is 9.90 Å². The van der Waals surface area contributed by atoms with Crippen molar-refractivity contribution in [1.82, 2.24) is 9.88 Å². The number of amides is 1. The average molecular weight is 277 g/mol. The lowest BCUT2D eigenvalue weighted by Crippen LogP contribution is -2.41. The molecule has 1 amide bonds. The predicted molar refractivity (Wildman–Crippen MR) is 78.7 cm³/mol. The molecule has 1 aliphatic heterocycles. The fourth-order valence-electron chi connectivity index (χ4n) is 2.64. The second-order valence-electron chi connectivity index (χ2n) is 5.30. The number of aliphatic hydroxyl groups excluding tert-OH is 1. The van der Waals surface area contributed by atoms with Crippen molar-refractivity contribution in [2.45, 2.75) is 32.8 Å². The lowest BCUT2D eigenvalue weighted by molar-refractivity contribution is 0.0522. The van der Waals surface area contributed by atoms with Gasteiger partial charge in [-0.2, -0.15) is 0 Å². The van der Waals surface area contributed by atoms with Gasteiger partial charge < -0.3 is 15.3 Å². The summed E-state index contributed by atoms with van der Waals surface area (Å²) in [6.45, 7) is 5.95. The molecule has 1 aromatic rings. The van der Waals surface area contributed by atoms with Crippen molar-refractivity contribution >= 4 is 11.7 Å². The minimum atomic E-state index is -0.289. The first kappa shape index (κ1) is 14.8. The molecule has 0 spiro atoms. The van der Waals surface area contributed by atoms with Gasteiger partial charge in [-0.25, -0.2) is 4.98 Å². The summed E-state index contributed by atoms with van der Waals surface area (Å²) in [6, 6.07) is 3.60. The molecule has 0 aromatic carbocycles. The lowest BCUT2D eigenvalue weighted by Gasteiger charge is -2.33. The van der Waals surface area contributed by atoms with Crippen LogP contribution in [0.15, 0.2) is 18.3 Å². The number of aromatic nitrogens is 1. The largest absolute Gasteiger partial charge is 0.393 e. The van der Waals surface area contributed by atoms with Crippen LogP contribution < -0.4 is 5.32 Å². The summed E-state index contributed by atoms with van der Waals surface area (Å²) in [5.74, 6) is 0.983. The Morgan fingerprint density at radius 2 is 2.25 bits per heavy atom. The van der Waals surface area contributed by atoms with E-state index in [-0.39, 0.29) is 12.0 Å². The second-order valence-corrected chi connectivity index (χ2v) is 5.30. The molecule has 20 heavy (non-hydrogen) atoms. The summed E-state index contributed by atoms with van der Waals surface area (Å²) >= 11 is 0. The molecule has 1 saturated heterocycles. The third-order valence-electron chi connectivity index (χ3n) is 3.89. The number of hydrogen-bond acceptors (Lipinski definition) is 4. The molecule has 0 saturated carbocycles. The van der Waals surface area contributed by atoms with Crippen molar-refractivity contribution in [2.24, 2.45) is 5.92 Å². The van der Waals surface area contributed by atoms with Gasteiger partial charge in [-0.15, -0.1) is 0 Å². The maximum atomic E-state index is 12.6. The molecule has 2 N–H and O–H groups in total. The van der Waals surface area contributed by atoms with Crippen LogP contribution >= 0.6 is 0 Å². The van der Waals surface area contributed by atoms with Gasteiger partial charge >= 0.3 is 0 Å². The monoisotopic (exact) mass is 277 g/mol. The van der Waals surface area contributed by atoms with E-state index >= 15 is 0 Å². The van der Waals surface area contributed by atoms with Crippen molar-refractivity contribution in [3.05, 3.63) is 23.9 Å². The van der Waals surface area contributed by atoms with Gasteiger partial charge in [0.25, 0.3) is 5.91 Å². The molecule has 1 unspecified atom stereocenters. The van der Waals surface area contributed by atoms with Gasteiger partial charge in [-0.1, -0.05) is 0 Å². The third kappa shape index (κ3) is 3.28. The van der Waals surface area contributed by atoms with E-state index in [1.165, 1.54) is 0 Å². The fourth-order valence-corrected chi connectivity index (χ4v) is 2.64. The summed E-state index contributed by atoms with van der Waals surface area (Å²) in [5, 5.41) is 12.7. The van der Waals surface area contributed by atoms with Gasteiger partial charge in [0.2, 0.25) is 0 Å². The highest BCUT2D eigenvalue weighted by Gasteiger charge is 2.27. The van der Waals surface area contributed by atoms with E-state index in [0.717, 1.165) is 19.4 Å². The number of carbonyl (C=O) groups is 1. The number of pyridine rings is 1. The zero-order valence-corrected chi connectivity index (χ0v) is 12.2. The molecule has 0 radical (unpaired) electrons. The number of anilines is 1. The van der Waals surface area contributed by atoms with Crippen molar-refractivity contribution in [2.75, 3.05) is 25.0 Å². The number of likely N-dealkylation sites (tertiary alicyclic amines) is 1. The molecule has 1 aromatic heterocycles. The van der Waals surface area contributed by atoms with E-state index in [2.05, 4.69) is 10.3 Å². The minimum Gasteiger partial charge on any atom is -0.393 e. The van der Waals surface area contributed by atoms with Crippen molar-refractivity contribution in [3.63, 3.8) is 0 Å². The highest BCUT2D eigenvalue weighted by atomic mass is 16.3. The number of hydrogen-bond donors (Lipinski definition) is 2. The first-order valence-corrected chi connectivity index (χ1v) is 7.29.